The SMILES string of the molecule is Fc1cccc(CCNCC2Cc3cc(Cl)ccc3O2)c1. The van der Waals surface area contributed by atoms with Crippen LogP contribution in [0.15, 0.2) is 42.5 Å². The second kappa shape index (κ2) is 6.46. The van der Waals surface area contributed by atoms with Gasteiger partial charge in [-0.05, 0) is 54.4 Å². The first kappa shape index (κ1) is 14.4. The molecule has 1 aliphatic rings. The number of halogens is 2. The van der Waals surface area contributed by atoms with Crippen LogP contribution < -0.4 is 10.1 Å². The fourth-order valence-corrected chi connectivity index (χ4v) is 2.79. The molecule has 2 nitrogen and oxygen atoms in total. The van der Waals surface area contributed by atoms with E-state index in [2.05, 4.69) is 5.32 Å². The maximum Gasteiger partial charge on any atom is 0.123 e. The number of hydrogen-bond acceptors (Lipinski definition) is 2. The van der Waals surface area contributed by atoms with Gasteiger partial charge in [0.15, 0.2) is 0 Å². The summed E-state index contributed by atoms with van der Waals surface area (Å²) in [5.41, 5.74) is 2.17. The summed E-state index contributed by atoms with van der Waals surface area (Å²) >= 11 is 5.98. The van der Waals surface area contributed by atoms with Crippen molar-refractivity contribution < 1.29 is 9.13 Å². The summed E-state index contributed by atoms with van der Waals surface area (Å²) in [5.74, 6) is 0.746. The maximum absolute atomic E-state index is 13.1. The lowest BCUT2D eigenvalue weighted by molar-refractivity contribution is 0.228. The van der Waals surface area contributed by atoms with Gasteiger partial charge in [0.25, 0.3) is 0 Å². The molecule has 0 spiro atoms. The highest BCUT2D eigenvalue weighted by atomic mass is 35.5. The Hall–Kier alpha value is -1.58. The summed E-state index contributed by atoms with van der Waals surface area (Å²) in [7, 11) is 0. The topological polar surface area (TPSA) is 21.3 Å². The van der Waals surface area contributed by atoms with Crippen molar-refractivity contribution in [2.75, 3.05) is 13.1 Å². The summed E-state index contributed by atoms with van der Waals surface area (Å²) in [6.45, 7) is 1.59. The average molecular weight is 306 g/mol. The molecular formula is C17H17ClFNO. The molecule has 2 aromatic rings. The fourth-order valence-electron chi connectivity index (χ4n) is 2.59. The highest BCUT2D eigenvalue weighted by Gasteiger charge is 2.22. The third kappa shape index (κ3) is 3.74. The first-order chi connectivity index (χ1) is 10.2. The van der Waals surface area contributed by atoms with Crippen LogP contribution in [-0.2, 0) is 12.8 Å². The van der Waals surface area contributed by atoms with E-state index in [-0.39, 0.29) is 11.9 Å². The highest BCUT2D eigenvalue weighted by molar-refractivity contribution is 6.30. The second-order valence-electron chi connectivity index (χ2n) is 5.28. The molecule has 0 aliphatic carbocycles. The molecule has 0 radical (unpaired) electrons. The van der Waals surface area contributed by atoms with Gasteiger partial charge in [0, 0.05) is 18.0 Å². The minimum absolute atomic E-state index is 0.144. The zero-order valence-electron chi connectivity index (χ0n) is 11.6. The van der Waals surface area contributed by atoms with E-state index in [1.807, 2.05) is 24.3 Å². The predicted molar refractivity (Wildman–Crippen MR) is 82.5 cm³/mol. The van der Waals surface area contributed by atoms with Crippen LogP contribution in [0.4, 0.5) is 4.39 Å². The van der Waals surface area contributed by atoms with E-state index in [4.69, 9.17) is 16.3 Å². The van der Waals surface area contributed by atoms with Gasteiger partial charge in [0.05, 0.1) is 0 Å². The zero-order chi connectivity index (χ0) is 14.7. The molecule has 1 N–H and O–H groups in total. The van der Waals surface area contributed by atoms with Crippen molar-refractivity contribution in [1.82, 2.24) is 5.32 Å². The molecule has 21 heavy (non-hydrogen) atoms. The second-order valence-corrected chi connectivity index (χ2v) is 5.72. The molecule has 2 aromatic carbocycles. The van der Waals surface area contributed by atoms with Gasteiger partial charge in [0.1, 0.15) is 17.7 Å². The van der Waals surface area contributed by atoms with Gasteiger partial charge in [-0.1, -0.05) is 23.7 Å². The number of fused-ring (bicyclic) bond motifs is 1. The van der Waals surface area contributed by atoms with Crippen molar-refractivity contribution in [3.63, 3.8) is 0 Å². The van der Waals surface area contributed by atoms with Crippen molar-refractivity contribution in [2.24, 2.45) is 0 Å². The van der Waals surface area contributed by atoms with Crippen LogP contribution in [0.5, 0.6) is 5.75 Å². The Labute approximate surface area is 128 Å². The van der Waals surface area contributed by atoms with Crippen LogP contribution in [0, 0.1) is 5.82 Å². The molecule has 0 fully saturated rings. The average Bonchev–Trinajstić information content (AvgIpc) is 2.85. The number of benzene rings is 2. The van der Waals surface area contributed by atoms with Gasteiger partial charge < -0.3 is 10.1 Å². The minimum Gasteiger partial charge on any atom is -0.488 e. The Balaban J connectivity index is 1.43. The van der Waals surface area contributed by atoms with Gasteiger partial charge >= 0.3 is 0 Å². The Kier molecular flexibility index (Phi) is 4.42. The molecule has 1 heterocycles. The Morgan fingerprint density at radius 3 is 3.00 bits per heavy atom. The quantitative estimate of drug-likeness (QED) is 0.852. The van der Waals surface area contributed by atoms with Gasteiger partial charge in [-0.15, -0.1) is 0 Å². The molecule has 1 atom stereocenters. The van der Waals surface area contributed by atoms with Gasteiger partial charge in [-0.2, -0.15) is 0 Å². The molecule has 0 saturated heterocycles. The first-order valence-electron chi connectivity index (χ1n) is 7.11. The molecular weight excluding hydrogens is 289 g/mol. The van der Waals surface area contributed by atoms with E-state index in [9.17, 15) is 4.39 Å². The van der Waals surface area contributed by atoms with Crippen LogP contribution in [0.3, 0.4) is 0 Å². The van der Waals surface area contributed by atoms with Gasteiger partial charge in [-0.25, -0.2) is 4.39 Å². The smallest absolute Gasteiger partial charge is 0.123 e. The van der Waals surface area contributed by atoms with Crippen LogP contribution in [0.25, 0.3) is 0 Å². The molecule has 0 aromatic heterocycles. The van der Waals surface area contributed by atoms with Crippen molar-refractivity contribution in [3.8, 4) is 5.75 Å². The maximum atomic E-state index is 13.1. The van der Waals surface area contributed by atoms with Crippen LogP contribution in [0.1, 0.15) is 11.1 Å². The zero-order valence-corrected chi connectivity index (χ0v) is 12.4. The molecule has 0 saturated carbocycles. The van der Waals surface area contributed by atoms with Crippen molar-refractivity contribution >= 4 is 11.6 Å². The predicted octanol–water partition coefficient (Wildman–Crippen LogP) is 3.61. The summed E-state index contributed by atoms with van der Waals surface area (Å²) < 4.78 is 18.9. The summed E-state index contributed by atoms with van der Waals surface area (Å²) in [6, 6.07) is 12.4. The summed E-state index contributed by atoms with van der Waals surface area (Å²) in [6.07, 6.45) is 1.83. The van der Waals surface area contributed by atoms with Crippen LogP contribution >= 0.6 is 11.6 Å². The largest absolute Gasteiger partial charge is 0.488 e. The van der Waals surface area contributed by atoms with Crippen molar-refractivity contribution in [2.45, 2.75) is 18.9 Å². The standard InChI is InChI=1S/C17H17ClFNO/c18-14-4-5-17-13(9-14)10-16(21-17)11-20-7-6-12-2-1-3-15(19)8-12/h1-5,8-9,16,20H,6-7,10-11H2. The van der Waals surface area contributed by atoms with E-state index in [0.717, 1.165) is 42.3 Å². The Morgan fingerprint density at radius 2 is 2.14 bits per heavy atom. The minimum atomic E-state index is -0.182. The lowest BCUT2D eigenvalue weighted by Crippen LogP contribution is -2.31. The lowest BCUT2D eigenvalue weighted by Gasteiger charge is -2.11. The number of rotatable bonds is 5. The molecule has 1 aliphatic heterocycles. The number of nitrogens with one attached hydrogen (secondary N) is 1. The molecule has 3 rings (SSSR count). The van der Waals surface area contributed by atoms with Gasteiger partial charge in [-0.3, -0.25) is 0 Å². The lowest BCUT2D eigenvalue weighted by atomic mass is 10.1. The summed E-state index contributed by atoms with van der Waals surface area (Å²) in [4.78, 5) is 0. The molecule has 0 bridgehead atoms. The third-order valence-electron chi connectivity index (χ3n) is 3.62. The summed E-state index contributed by atoms with van der Waals surface area (Å²) in [5, 5.41) is 4.11. The van der Waals surface area contributed by atoms with Crippen molar-refractivity contribution in [3.05, 3.63) is 64.4 Å². The molecule has 4 heteroatoms. The monoisotopic (exact) mass is 305 g/mol. The van der Waals surface area contributed by atoms with Crippen molar-refractivity contribution in [1.29, 1.82) is 0 Å². The number of hydrogen-bond donors (Lipinski definition) is 1. The third-order valence-corrected chi connectivity index (χ3v) is 3.85. The van der Waals surface area contributed by atoms with E-state index in [1.165, 1.54) is 11.6 Å². The molecule has 0 amide bonds. The normalized spacial score (nSPS) is 16.6. The van der Waals surface area contributed by atoms with Gasteiger partial charge in [0.2, 0.25) is 0 Å². The Morgan fingerprint density at radius 1 is 1.24 bits per heavy atom. The molecule has 110 valence electrons. The van der Waals surface area contributed by atoms with E-state index in [1.54, 1.807) is 12.1 Å². The van der Waals surface area contributed by atoms with E-state index < -0.39 is 0 Å². The molecule has 1 unspecified atom stereocenters. The first-order valence-corrected chi connectivity index (χ1v) is 7.49. The van der Waals surface area contributed by atoms with Crippen LogP contribution in [-0.4, -0.2) is 19.2 Å². The fraction of sp³-hybridized carbons (Fsp3) is 0.294. The van der Waals surface area contributed by atoms with E-state index >= 15 is 0 Å². The highest BCUT2D eigenvalue weighted by Crippen LogP contribution is 2.30. The van der Waals surface area contributed by atoms with Crippen LogP contribution in [0.2, 0.25) is 5.02 Å². The van der Waals surface area contributed by atoms with E-state index in [0.29, 0.717) is 0 Å². The Bertz CT molecular complexity index is 632. The number of ether oxygens (including phenoxy) is 1.